The summed E-state index contributed by atoms with van der Waals surface area (Å²) in [7, 11) is 0. The molecule has 122 valence electrons. The van der Waals surface area contributed by atoms with Crippen LogP contribution in [-0.4, -0.2) is 44.8 Å². The number of hydrogen-bond acceptors (Lipinski definition) is 5. The van der Waals surface area contributed by atoms with Crippen molar-refractivity contribution in [2.45, 2.75) is 31.7 Å². The van der Waals surface area contributed by atoms with Crippen LogP contribution in [0.15, 0.2) is 29.1 Å². The summed E-state index contributed by atoms with van der Waals surface area (Å²) in [5.41, 5.74) is 1.24. The van der Waals surface area contributed by atoms with E-state index in [0.29, 0.717) is 38.4 Å². The van der Waals surface area contributed by atoms with Crippen LogP contribution < -0.4 is 5.69 Å². The largest absolute Gasteiger partial charge is 0.508 e. The van der Waals surface area contributed by atoms with E-state index in [-0.39, 0.29) is 29.5 Å². The van der Waals surface area contributed by atoms with E-state index in [0.717, 1.165) is 5.56 Å². The zero-order chi connectivity index (χ0) is 16.0. The molecule has 1 aromatic heterocycles. The molecule has 2 aromatic rings. The van der Waals surface area contributed by atoms with E-state index in [9.17, 15) is 15.0 Å². The molecule has 0 aliphatic carbocycles. The molecule has 0 amide bonds. The fraction of sp³-hybridized carbons (Fsp3) is 0.438. The first-order chi connectivity index (χ1) is 11.1. The first-order valence-corrected chi connectivity index (χ1v) is 7.64. The summed E-state index contributed by atoms with van der Waals surface area (Å²) in [6, 6.07) is 6.73. The summed E-state index contributed by atoms with van der Waals surface area (Å²) >= 11 is 0. The minimum Gasteiger partial charge on any atom is -0.508 e. The number of benzene rings is 1. The highest BCUT2D eigenvalue weighted by molar-refractivity contribution is 5.32. The molecule has 7 heteroatoms. The van der Waals surface area contributed by atoms with Crippen LogP contribution >= 0.6 is 0 Å². The molecular weight excluding hydrogens is 300 g/mol. The number of nitrogens with zero attached hydrogens (tertiary/aromatic N) is 2. The van der Waals surface area contributed by atoms with Crippen LogP contribution in [0.2, 0.25) is 0 Å². The Labute approximate surface area is 132 Å². The number of ether oxygens (including phenoxy) is 2. The van der Waals surface area contributed by atoms with Gasteiger partial charge in [-0.05, 0) is 17.7 Å². The molecule has 1 aromatic carbocycles. The van der Waals surface area contributed by atoms with Gasteiger partial charge in [-0.1, -0.05) is 12.1 Å². The van der Waals surface area contributed by atoms with Crippen molar-refractivity contribution < 1.29 is 19.7 Å². The maximum atomic E-state index is 12.6. The van der Waals surface area contributed by atoms with Crippen LogP contribution in [0.5, 0.6) is 11.6 Å². The summed E-state index contributed by atoms with van der Waals surface area (Å²) in [4.78, 5) is 12.6. The van der Waals surface area contributed by atoms with Crippen LogP contribution in [0.25, 0.3) is 0 Å². The summed E-state index contributed by atoms with van der Waals surface area (Å²) in [5, 5.41) is 19.9. The molecule has 0 bridgehead atoms. The van der Waals surface area contributed by atoms with Gasteiger partial charge in [0, 0.05) is 6.42 Å². The topological polar surface area (TPSA) is 92.5 Å². The standard InChI is InChI=1S/C16H18N2O5/c19-11-3-1-10(2-4-11)5-14-15(20)18(7-13-9-23-13)16(21)17(14)6-12-8-22-12/h1-4,12-13,19-20H,5-9H2. The Morgan fingerprint density at radius 2 is 1.57 bits per heavy atom. The fourth-order valence-electron chi connectivity index (χ4n) is 2.72. The number of aromatic nitrogens is 2. The van der Waals surface area contributed by atoms with Gasteiger partial charge in [0.15, 0.2) is 0 Å². The Bertz CT molecular complexity index is 769. The molecule has 0 saturated carbocycles. The summed E-state index contributed by atoms with van der Waals surface area (Å²) in [5.74, 6) is 0.171. The molecule has 4 rings (SSSR count). The Kier molecular flexibility index (Phi) is 3.39. The van der Waals surface area contributed by atoms with Crippen molar-refractivity contribution in [3.05, 3.63) is 46.0 Å². The second-order valence-corrected chi connectivity index (χ2v) is 6.03. The SMILES string of the molecule is O=c1n(CC2CO2)c(O)c(Cc2ccc(O)cc2)n1CC1CO1. The Balaban J connectivity index is 1.69. The molecule has 2 N–H and O–H groups in total. The lowest BCUT2D eigenvalue weighted by molar-refractivity contribution is 0.352. The highest BCUT2D eigenvalue weighted by Crippen LogP contribution is 2.25. The molecule has 2 saturated heterocycles. The van der Waals surface area contributed by atoms with Crippen LogP contribution in [0.1, 0.15) is 11.3 Å². The van der Waals surface area contributed by atoms with E-state index < -0.39 is 0 Å². The van der Waals surface area contributed by atoms with Gasteiger partial charge < -0.3 is 19.7 Å². The minimum absolute atomic E-state index is 0.00754. The molecule has 0 radical (unpaired) electrons. The molecule has 2 aliphatic rings. The van der Waals surface area contributed by atoms with Crippen LogP contribution in [-0.2, 0) is 29.0 Å². The van der Waals surface area contributed by atoms with Gasteiger partial charge in [-0.2, -0.15) is 0 Å². The smallest absolute Gasteiger partial charge is 0.331 e. The van der Waals surface area contributed by atoms with Gasteiger partial charge in [0.1, 0.15) is 5.75 Å². The number of phenolic OH excluding ortho intramolecular Hbond substituents is 1. The third-order valence-electron chi connectivity index (χ3n) is 4.19. The molecule has 2 unspecified atom stereocenters. The van der Waals surface area contributed by atoms with Crippen LogP contribution in [0, 0.1) is 0 Å². The van der Waals surface area contributed by atoms with Crippen molar-refractivity contribution in [1.29, 1.82) is 0 Å². The predicted octanol–water partition coefficient (Wildman–Crippen LogP) is 0.449. The molecule has 0 spiro atoms. The summed E-state index contributed by atoms with van der Waals surface area (Å²) in [6.07, 6.45) is 0.457. The third-order valence-corrected chi connectivity index (χ3v) is 4.19. The minimum atomic E-state index is -0.234. The average molecular weight is 318 g/mol. The number of rotatable bonds is 6. The van der Waals surface area contributed by atoms with E-state index in [1.165, 1.54) is 4.57 Å². The van der Waals surface area contributed by atoms with E-state index in [1.807, 2.05) is 0 Å². The van der Waals surface area contributed by atoms with Crippen molar-refractivity contribution in [1.82, 2.24) is 9.13 Å². The molecule has 2 aliphatic heterocycles. The maximum Gasteiger partial charge on any atom is 0.331 e. The highest BCUT2D eigenvalue weighted by Gasteiger charge is 2.31. The normalized spacial score (nSPS) is 22.3. The van der Waals surface area contributed by atoms with Crippen LogP contribution in [0.4, 0.5) is 0 Å². The lowest BCUT2D eigenvalue weighted by Gasteiger charge is -2.06. The average Bonchev–Trinajstić information content (AvgIpc) is 3.43. The second-order valence-electron chi connectivity index (χ2n) is 6.03. The zero-order valence-corrected chi connectivity index (χ0v) is 12.5. The molecule has 2 atom stereocenters. The molecule has 3 heterocycles. The van der Waals surface area contributed by atoms with E-state index >= 15 is 0 Å². The van der Waals surface area contributed by atoms with Gasteiger partial charge in [0.05, 0.1) is 44.2 Å². The van der Waals surface area contributed by atoms with Gasteiger partial charge in [-0.3, -0.25) is 9.13 Å². The predicted molar refractivity (Wildman–Crippen MR) is 80.7 cm³/mol. The van der Waals surface area contributed by atoms with E-state index in [1.54, 1.807) is 28.8 Å². The Morgan fingerprint density at radius 1 is 1.00 bits per heavy atom. The second kappa shape index (κ2) is 5.43. The highest BCUT2D eigenvalue weighted by atomic mass is 16.6. The number of epoxide rings is 2. The van der Waals surface area contributed by atoms with Crippen molar-refractivity contribution in [2.75, 3.05) is 13.2 Å². The van der Waals surface area contributed by atoms with Gasteiger partial charge in [0.25, 0.3) is 0 Å². The van der Waals surface area contributed by atoms with Gasteiger partial charge in [-0.15, -0.1) is 0 Å². The third kappa shape index (κ3) is 2.97. The van der Waals surface area contributed by atoms with Gasteiger partial charge >= 0.3 is 5.69 Å². The maximum absolute atomic E-state index is 12.6. The number of imidazole rings is 1. The Morgan fingerprint density at radius 3 is 2.13 bits per heavy atom. The van der Waals surface area contributed by atoms with Gasteiger partial charge in [0.2, 0.25) is 5.88 Å². The summed E-state index contributed by atoms with van der Waals surface area (Å²) in [6.45, 7) is 2.07. The fourth-order valence-corrected chi connectivity index (χ4v) is 2.72. The van der Waals surface area contributed by atoms with Gasteiger partial charge in [-0.25, -0.2) is 4.79 Å². The zero-order valence-electron chi connectivity index (χ0n) is 12.5. The van der Waals surface area contributed by atoms with Crippen molar-refractivity contribution in [2.24, 2.45) is 0 Å². The van der Waals surface area contributed by atoms with Crippen LogP contribution in [0.3, 0.4) is 0 Å². The summed E-state index contributed by atoms with van der Waals surface area (Å²) < 4.78 is 13.3. The van der Waals surface area contributed by atoms with Crippen molar-refractivity contribution in [3.63, 3.8) is 0 Å². The molecular formula is C16H18N2O5. The van der Waals surface area contributed by atoms with E-state index in [2.05, 4.69) is 0 Å². The Hall–Kier alpha value is -2.25. The lowest BCUT2D eigenvalue weighted by Crippen LogP contribution is -2.28. The monoisotopic (exact) mass is 318 g/mol. The number of phenols is 1. The molecule has 23 heavy (non-hydrogen) atoms. The number of aromatic hydroxyl groups is 2. The first-order valence-electron chi connectivity index (χ1n) is 7.64. The van der Waals surface area contributed by atoms with Crippen molar-refractivity contribution >= 4 is 0 Å². The number of hydrogen-bond donors (Lipinski definition) is 2. The molecule has 7 nitrogen and oxygen atoms in total. The quantitative estimate of drug-likeness (QED) is 0.755. The molecule has 2 fully saturated rings. The lowest BCUT2D eigenvalue weighted by atomic mass is 10.1. The first kappa shape index (κ1) is 14.3. The van der Waals surface area contributed by atoms with Crippen molar-refractivity contribution in [3.8, 4) is 11.6 Å². The van der Waals surface area contributed by atoms with E-state index in [4.69, 9.17) is 9.47 Å².